The summed E-state index contributed by atoms with van der Waals surface area (Å²) in [5, 5.41) is 0. The summed E-state index contributed by atoms with van der Waals surface area (Å²) in [6, 6.07) is 62.9. The molecule has 0 amide bonds. The van der Waals surface area contributed by atoms with Gasteiger partial charge in [0.05, 0.1) is 11.1 Å². The fourth-order valence-electron chi connectivity index (χ4n) is 9.20. The fourth-order valence-corrected chi connectivity index (χ4v) is 9.20. The van der Waals surface area contributed by atoms with Gasteiger partial charge in [-0.1, -0.05) is 127 Å². The van der Waals surface area contributed by atoms with Gasteiger partial charge >= 0.3 is 0 Å². The lowest BCUT2D eigenvalue weighted by molar-refractivity contribution is 0.436. The summed E-state index contributed by atoms with van der Waals surface area (Å²) in [6.07, 6.45) is 3.78. The van der Waals surface area contributed by atoms with E-state index in [1.165, 1.54) is 50.1 Å². The highest BCUT2D eigenvalue weighted by Gasteiger charge is 2.51. The number of hydrogen-bond donors (Lipinski definition) is 0. The third kappa shape index (κ3) is 5.33. The molecule has 7 aromatic carbocycles. The fraction of sp³-hybridized carbons (Fsp3) is 0.0556. The number of hydrogen-bond acceptors (Lipinski definition) is 4. The zero-order valence-electron chi connectivity index (χ0n) is 32.1. The third-order valence-electron chi connectivity index (χ3n) is 11.9. The van der Waals surface area contributed by atoms with Crippen molar-refractivity contribution in [3.8, 4) is 78.7 Å². The molecule has 4 heteroatoms. The van der Waals surface area contributed by atoms with Gasteiger partial charge in [-0.15, -0.1) is 0 Å². The van der Waals surface area contributed by atoms with Gasteiger partial charge in [-0.2, -0.15) is 0 Å². The lowest BCUT2D eigenvalue weighted by Gasteiger charge is -2.39. The summed E-state index contributed by atoms with van der Waals surface area (Å²) in [6.45, 7) is 4.15. The minimum Gasteiger partial charge on any atom is -0.457 e. The van der Waals surface area contributed by atoms with Crippen LogP contribution in [0, 0.1) is 13.8 Å². The molecule has 1 unspecified atom stereocenters. The first kappa shape index (κ1) is 33.9. The van der Waals surface area contributed by atoms with E-state index in [1.54, 1.807) is 0 Å². The minimum atomic E-state index is -0.621. The molecule has 11 rings (SSSR count). The quantitative estimate of drug-likeness (QED) is 0.176. The van der Waals surface area contributed by atoms with Crippen LogP contribution in [0.15, 0.2) is 188 Å². The van der Waals surface area contributed by atoms with Gasteiger partial charge in [0.15, 0.2) is 5.82 Å². The van der Waals surface area contributed by atoms with Gasteiger partial charge in [0.25, 0.3) is 0 Å². The molecule has 58 heavy (non-hydrogen) atoms. The molecule has 274 valence electrons. The molecule has 0 bridgehead atoms. The second kappa shape index (κ2) is 13.4. The Morgan fingerprint density at radius 1 is 0.414 bits per heavy atom. The molecule has 0 N–H and O–H groups in total. The number of aromatic nitrogens is 3. The monoisotopic (exact) mass is 743 g/mol. The number of fused-ring (bicyclic) bond motifs is 9. The highest BCUT2D eigenvalue weighted by atomic mass is 16.5. The maximum absolute atomic E-state index is 6.76. The molecule has 2 aliphatic rings. The van der Waals surface area contributed by atoms with Gasteiger partial charge in [-0.05, 0) is 124 Å². The van der Waals surface area contributed by atoms with Crippen LogP contribution in [0.2, 0.25) is 0 Å². The molecule has 0 saturated heterocycles. The highest BCUT2D eigenvalue weighted by Crippen LogP contribution is 2.62. The predicted molar refractivity (Wildman–Crippen MR) is 234 cm³/mol. The van der Waals surface area contributed by atoms with Crippen LogP contribution in [0.3, 0.4) is 0 Å². The molecule has 0 fully saturated rings. The normalized spacial score (nSPS) is 14.6. The van der Waals surface area contributed by atoms with E-state index in [2.05, 4.69) is 182 Å². The van der Waals surface area contributed by atoms with E-state index in [-0.39, 0.29) is 0 Å². The van der Waals surface area contributed by atoms with Crippen LogP contribution in [0.1, 0.15) is 33.5 Å². The maximum Gasteiger partial charge on any atom is 0.160 e. The standard InChI is InChI=1S/C54H37N3O/c1-34-33-55-28-27-43(34)38-21-19-37(20-22-38)40-23-25-47-45(31-40)44-15-6-7-16-46(44)54(47)48-17-8-9-18-51(48)58-52-26-24-42(32-49(52)54)53-56-35(2)29-50(57-53)41-14-10-13-39(30-41)36-11-4-3-5-12-36/h3-33H,1-2H3. The average molecular weight is 744 g/mol. The van der Waals surface area contributed by atoms with E-state index in [1.807, 2.05) is 25.4 Å². The lowest BCUT2D eigenvalue weighted by atomic mass is 9.66. The number of para-hydroxylation sites is 1. The van der Waals surface area contributed by atoms with Crippen LogP contribution < -0.4 is 4.74 Å². The molecule has 3 heterocycles. The van der Waals surface area contributed by atoms with Crippen LogP contribution in [0.5, 0.6) is 11.5 Å². The summed E-state index contributed by atoms with van der Waals surface area (Å²) >= 11 is 0. The number of pyridine rings is 1. The Morgan fingerprint density at radius 2 is 1.07 bits per heavy atom. The number of nitrogens with zero attached hydrogens (tertiary/aromatic N) is 3. The van der Waals surface area contributed by atoms with E-state index in [4.69, 9.17) is 14.7 Å². The number of benzene rings is 7. The predicted octanol–water partition coefficient (Wildman–Crippen LogP) is 13.3. The SMILES string of the molecule is Cc1cc(-c2cccc(-c3ccccc3)c2)nc(-c2ccc3c(c2)C2(c4ccccc4O3)c3ccccc3-c3cc(-c4ccc(-c5ccncc5C)cc4)ccc32)n1. The second-order valence-electron chi connectivity index (χ2n) is 15.3. The van der Waals surface area contributed by atoms with Crippen LogP contribution in [-0.4, -0.2) is 15.0 Å². The highest BCUT2D eigenvalue weighted by molar-refractivity contribution is 5.91. The first-order chi connectivity index (χ1) is 28.5. The molecule has 9 aromatic rings. The lowest BCUT2D eigenvalue weighted by Crippen LogP contribution is -2.32. The largest absolute Gasteiger partial charge is 0.457 e. The molecule has 0 radical (unpaired) electrons. The zero-order chi connectivity index (χ0) is 38.8. The van der Waals surface area contributed by atoms with Crippen molar-refractivity contribution in [2.75, 3.05) is 0 Å². The van der Waals surface area contributed by atoms with Crippen molar-refractivity contribution < 1.29 is 4.74 Å². The molecule has 1 aliphatic carbocycles. The first-order valence-corrected chi connectivity index (χ1v) is 19.7. The molecule has 2 aromatic heterocycles. The Morgan fingerprint density at radius 3 is 1.93 bits per heavy atom. The van der Waals surface area contributed by atoms with Gasteiger partial charge < -0.3 is 4.74 Å². The summed E-state index contributed by atoms with van der Waals surface area (Å²) in [5.74, 6) is 2.38. The molecule has 1 atom stereocenters. The van der Waals surface area contributed by atoms with Crippen molar-refractivity contribution in [1.29, 1.82) is 0 Å². The van der Waals surface area contributed by atoms with Gasteiger partial charge in [0, 0.05) is 40.3 Å². The summed E-state index contributed by atoms with van der Waals surface area (Å²) in [5.41, 5.74) is 18.5. The van der Waals surface area contributed by atoms with Crippen molar-refractivity contribution in [3.05, 3.63) is 222 Å². The molecule has 1 spiro atoms. The second-order valence-corrected chi connectivity index (χ2v) is 15.3. The van der Waals surface area contributed by atoms with Gasteiger partial charge in [0.2, 0.25) is 0 Å². The Bertz CT molecular complexity index is 3060. The van der Waals surface area contributed by atoms with Crippen molar-refractivity contribution in [1.82, 2.24) is 15.0 Å². The van der Waals surface area contributed by atoms with Crippen molar-refractivity contribution in [2.24, 2.45) is 0 Å². The maximum atomic E-state index is 6.76. The third-order valence-corrected chi connectivity index (χ3v) is 11.9. The van der Waals surface area contributed by atoms with Gasteiger partial charge in [0.1, 0.15) is 11.5 Å². The minimum absolute atomic E-state index is 0.621. The molecule has 4 nitrogen and oxygen atoms in total. The number of aryl methyl sites for hydroxylation is 2. The topological polar surface area (TPSA) is 47.9 Å². The summed E-state index contributed by atoms with van der Waals surface area (Å²) in [4.78, 5) is 14.5. The molecule has 1 aliphatic heterocycles. The van der Waals surface area contributed by atoms with Crippen molar-refractivity contribution in [3.63, 3.8) is 0 Å². The van der Waals surface area contributed by atoms with E-state index < -0.39 is 5.41 Å². The van der Waals surface area contributed by atoms with E-state index in [9.17, 15) is 0 Å². The van der Waals surface area contributed by atoms with Crippen LogP contribution in [-0.2, 0) is 5.41 Å². The Hall–Kier alpha value is -7.43. The van der Waals surface area contributed by atoms with E-state index in [0.717, 1.165) is 56.3 Å². The smallest absolute Gasteiger partial charge is 0.160 e. The van der Waals surface area contributed by atoms with Crippen LogP contribution >= 0.6 is 0 Å². The Kier molecular flexibility index (Phi) is 7.80. The molecular formula is C54H37N3O. The van der Waals surface area contributed by atoms with Crippen LogP contribution in [0.4, 0.5) is 0 Å². The molecular weight excluding hydrogens is 707 g/mol. The van der Waals surface area contributed by atoms with E-state index in [0.29, 0.717) is 5.82 Å². The Labute approximate surface area is 338 Å². The van der Waals surface area contributed by atoms with Gasteiger partial charge in [-0.3, -0.25) is 4.98 Å². The Balaban J connectivity index is 1.06. The van der Waals surface area contributed by atoms with Gasteiger partial charge in [-0.25, -0.2) is 9.97 Å². The summed E-state index contributed by atoms with van der Waals surface area (Å²) < 4.78 is 6.76. The van der Waals surface area contributed by atoms with Crippen molar-refractivity contribution in [2.45, 2.75) is 19.3 Å². The zero-order valence-corrected chi connectivity index (χ0v) is 32.1. The van der Waals surface area contributed by atoms with Crippen LogP contribution in [0.25, 0.3) is 67.2 Å². The number of ether oxygens (including phenoxy) is 1. The summed E-state index contributed by atoms with van der Waals surface area (Å²) in [7, 11) is 0. The first-order valence-electron chi connectivity index (χ1n) is 19.7. The molecule has 0 saturated carbocycles. The van der Waals surface area contributed by atoms with Crippen molar-refractivity contribution >= 4 is 0 Å². The number of rotatable bonds is 5. The van der Waals surface area contributed by atoms with E-state index >= 15 is 0 Å². The average Bonchev–Trinajstić information content (AvgIpc) is 3.56.